The quantitative estimate of drug-likeness (QED) is 0.776. The highest BCUT2D eigenvalue weighted by Gasteiger charge is 2.42. The molecule has 1 aliphatic carbocycles. The second-order valence-electron chi connectivity index (χ2n) is 5.82. The largest absolute Gasteiger partial charge is 0.372 e. The molecule has 1 saturated carbocycles. The second kappa shape index (κ2) is 5.50. The van der Waals surface area contributed by atoms with Crippen LogP contribution in [-0.4, -0.2) is 24.8 Å². The molecule has 94 valence electrons. The van der Waals surface area contributed by atoms with Gasteiger partial charge in [-0.3, -0.25) is 0 Å². The lowest BCUT2D eigenvalue weighted by Gasteiger charge is -2.25. The van der Waals surface area contributed by atoms with Crippen LogP contribution in [-0.2, 0) is 4.74 Å². The minimum Gasteiger partial charge on any atom is -0.372 e. The summed E-state index contributed by atoms with van der Waals surface area (Å²) in [5, 5.41) is 3.43. The minimum absolute atomic E-state index is 0.322. The van der Waals surface area contributed by atoms with Crippen molar-refractivity contribution in [3.63, 3.8) is 0 Å². The molecule has 1 aliphatic heterocycles. The van der Waals surface area contributed by atoms with Crippen molar-refractivity contribution in [2.75, 3.05) is 13.1 Å². The Morgan fingerprint density at radius 1 is 1.31 bits per heavy atom. The van der Waals surface area contributed by atoms with Crippen LogP contribution >= 0.6 is 0 Å². The lowest BCUT2D eigenvalue weighted by Crippen LogP contribution is -2.27. The van der Waals surface area contributed by atoms with Crippen molar-refractivity contribution in [2.45, 2.75) is 70.5 Å². The lowest BCUT2D eigenvalue weighted by atomic mass is 9.96. The number of hydrogen-bond donors (Lipinski definition) is 1. The Morgan fingerprint density at radius 2 is 2.06 bits per heavy atom. The van der Waals surface area contributed by atoms with E-state index in [0.717, 1.165) is 19.0 Å². The summed E-state index contributed by atoms with van der Waals surface area (Å²) in [5.74, 6) is 0.751. The van der Waals surface area contributed by atoms with E-state index in [0.29, 0.717) is 11.7 Å². The van der Waals surface area contributed by atoms with Crippen molar-refractivity contribution >= 4 is 0 Å². The first-order valence-corrected chi connectivity index (χ1v) is 7.13. The highest BCUT2D eigenvalue weighted by molar-refractivity contribution is 4.93. The van der Waals surface area contributed by atoms with Crippen LogP contribution in [0.1, 0.15) is 58.8 Å². The molecule has 0 bridgehead atoms. The Balaban J connectivity index is 1.72. The zero-order valence-electron chi connectivity index (χ0n) is 10.9. The van der Waals surface area contributed by atoms with Crippen LogP contribution in [0, 0.1) is 5.92 Å². The second-order valence-corrected chi connectivity index (χ2v) is 5.82. The van der Waals surface area contributed by atoms with Gasteiger partial charge in [0, 0.05) is 0 Å². The van der Waals surface area contributed by atoms with Crippen molar-refractivity contribution in [2.24, 2.45) is 5.92 Å². The van der Waals surface area contributed by atoms with Gasteiger partial charge in [0.2, 0.25) is 0 Å². The van der Waals surface area contributed by atoms with E-state index in [9.17, 15) is 0 Å². The summed E-state index contributed by atoms with van der Waals surface area (Å²) in [6.07, 6.45) is 9.85. The molecule has 2 nitrogen and oxygen atoms in total. The predicted octanol–water partition coefficient (Wildman–Crippen LogP) is 3.11. The molecule has 1 N–H and O–H groups in total. The predicted molar refractivity (Wildman–Crippen MR) is 67.6 cm³/mol. The fourth-order valence-electron chi connectivity index (χ4n) is 3.37. The standard InChI is InChI=1S/C14H27NO/c1-3-15-11-12(2)10-13-6-9-14(16-13)7-4-5-8-14/h12-13,15H,3-11H2,1-2H3. The van der Waals surface area contributed by atoms with Gasteiger partial charge in [0.15, 0.2) is 0 Å². The van der Waals surface area contributed by atoms with Crippen molar-refractivity contribution < 1.29 is 4.74 Å². The van der Waals surface area contributed by atoms with Crippen LogP contribution in [0.5, 0.6) is 0 Å². The van der Waals surface area contributed by atoms with Gasteiger partial charge in [-0.1, -0.05) is 26.7 Å². The van der Waals surface area contributed by atoms with Gasteiger partial charge in [-0.2, -0.15) is 0 Å². The van der Waals surface area contributed by atoms with Gasteiger partial charge in [0.1, 0.15) is 0 Å². The molecule has 16 heavy (non-hydrogen) atoms. The molecule has 2 aliphatic rings. The number of hydrogen-bond acceptors (Lipinski definition) is 2. The molecule has 2 heteroatoms. The van der Waals surface area contributed by atoms with Gasteiger partial charge >= 0.3 is 0 Å². The third-order valence-electron chi connectivity index (χ3n) is 4.26. The number of rotatable bonds is 5. The summed E-state index contributed by atoms with van der Waals surface area (Å²) >= 11 is 0. The third kappa shape index (κ3) is 2.98. The normalized spacial score (nSPS) is 30.0. The minimum atomic E-state index is 0.322. The first-order chi connectivity index (χ1) is 7.74. The van der Waals surface area contributed by atoms with Crippen LogP contribution in [0.25, 0.3) is 0 Å². The molecule has 1 spiro atoms. The lowest BCUT2D eigenvalue weighted by molar-refractivity contribution is -0.0433. The van der Waals surface area contributed by atoms with Gasteiger partial charge in [-0.25, -0.2) is 0 Å². The van der Waals surface area contributed by atoms with Gasteiger partial charge in [-0.15, -0.1) is 0 Å². The molecule has 2 rings (SSSR count). The molecule has 1 heterocycles. The number of ether oxygens (including phenoxy) is 1. The molecule has 2 unspecified atom stereocenters. The first-order valence-electron chi connectivity index (χ1n) is 7.13. The fraction of sp³-hybridized carbons (Fsp3) is 1.00. The molecular weight excluding hydrogens is 198 g/mol. The van der Waals surface area contributed by atoms with E-state index < -0.39 is 0 Å². The Kier molecular flexibility index (Phi) is 4.26. The molecule has 0 aromatic carbocycles. The van der Waals surface area contributed by atoms with E-state index >= 15 is 0 Å². The average Bonchev–Trinajstić information content (AvgIpc) is 2.87. The molecule has 0 aromatic rings. The van der Waals surface area contributed by atoms with Gasteiger partial charge in [0.25, 0.3) is 0 Å². The topological polar surface area (TPSA) is 21.3 Å². The third-order valence-corrected chi connectivity index (χ3v) is 4.26. The van der Waals surface area contributed by atoms with Gasteiger partial charge in [-0.05, 0) is 51.1 Å². The summed E-state index contributed by atoms with van der Waals surface area (Å²) in [7, 11) is 0. The zero-order valence-corrected chi connectivity index (χ0v) is 10.9. The van der Waals surface area contributed by atoms with Crippen LogP contribution in [0.2, 0.25) is 0 Å². The zero-order chi connectivity index (χ0) is 11.4. The van der Waals surface area contributed by atoms with E-state index in [-0.39, 0.29) is 0 Å². The van der Waals surface area contributed by atoms with Gasteiger partial charge < -0.3 is 10.1 Å². The maximum absolute atomic E-state index is 6.33. The monoisotopic (exact) mass is 225 g/mol. The highest BCUT2D eigenvalue weighted by Crippen LogP contribution is 2.44. The van der Waals surface area contributed by atoms with Crippen molar-refractivity contribution in [1.82, 2.24) is 5.32 Å². The molecular formula is C14H27NO. The SMILES string of the molecule is CCNCC(C)CC1CCC2(CCCC2)O1. The first kappa shape index (κ1) is 12.4. The number of nitrogens with one attached hydrogen (secondary N) is 1. The smallest absolute Gasteiger partial charge is 0.0687 e. The van der Waals surface area contributed by atoms with Gasteiger partial charge in [0.05, 0.1) is 11.7 Å². The van der Waals surface area contributed by atoms with E-state index in [4.69, 9.17) is 4.74 Å². The van der Waals surface area contributed by atoms with Crippen molar-refractivity contribution in [3.8, 4) is 0 Å². The van der Waals surface area contributed by atoms with E-state index in [1.54, 1.807) is 0 Å². The van der Waals surface area contributed by atoms with Crippen molar-refractivity contribution in [3.05, 3.63) is 0 Å². The Labute approximate surface area is 100 Å². The molecule has 2 fully saturated rings. The fourth-order valence-corrected chi connectivity index (χ4v) is 3.37. The molecule has 0 aromatic heterocycles. The Bertz CT molecular complexity index is 211. The molecule has 2 atom stereocenters. The summed E-state index contributed by atoms with van der Waals surface area (Å²) in [6, 6.07) is 0. The maximum Gasteiger partial charge on any atom is 0.0687 e. The summed E-state index contributed by atoms with van der Waals surface area (Å²) in [6.45, 7) is 6.74. The van der Waals surface area contributed by atoms with Crippen LogP contribution in [0.15, 0.2) is 0 Å². The Morgan fingerprint density at radius 3 is 2.75 bits per heavy atom. The Hall–Kier alpha value is -0.0800. The van der Waals surface area contributed by atoms with E-state index in [1.165, 1.54) is 44.9 Å². The van der Waals surface area contributed by atoms with Crippen LogP contribution < -0.4 is 5.32 Å². The van der Waals surface area contributed by atoms with Crippen LogP contribution in [0.4, 0.5) is 0 Å². The van der Waals surface area contributed by atoms with Crippen molar-refractivity contribution in [1.29, 1.82) is 0 Å². The molecule has 0 radical (unpaired) electrons. The average molecular weight is 225 g/mol. The van der Waals surface area contributed by atoms with E-state index in [1.807, 2.05) is 0 Å². The molecule has 1 saturated heterocycles. The highest BCUT2D eigenvalue weighted by atomic mass is 16.5. The van der Waals surface area contributed by atoms with E-state index in [2.05, 4.69) is 19.2 Å². The van der Waals surface area contributed by atoms with Crippen LogP contribution in [0.3, 0.4) is 0 Å². The molecule has 0 amide bonds. The summed E-state index contributed by atoms with van der Waals surface area (Å²) in [5.41, 5.74) is 0.322. The summed E-state index contributed by atoms with van der Waals surface area (Å²) in [4.78, 5) is 0. The maximum atomic E-state index is 6.33. The summed E-state index contributed by atoms with van der Waals surface area (Å²) < 4.78 is 6.33.